The molecule has 1 N–H and O–H groups in total. The van der Waals surface area contributed by atoms with Crippen LogP contribution in [-0.2, 0) is 10.8 Å². The third-order valence-electron chi connectivity index (χ3n) is 5.67. The van der Waals surface area contributed by atoms with Crippen LogP contribution in [0.5, 0.6) is 23.0 Å². The summed E-state index contributed by atoms with van der Waals surface area (Å²) in [4.78, 5) is 0. The average molecular weight is 407 g/mol. The molecule has 0 fully saturated rings. The Hall–Kier alpha value is -1.92. The predicted octanol–water partition coefficient (Wildman–Crippen LogP) is 5.52. The first-order valence-electron chi connectivity index (χ1n) is 9.57. The fourth-order valence-electron chi connectivity index (χ4n) is 3.13. The number of fused-ring (bicyclic) bond motifs is 1. The van der Waals surface area contributed by atoms with Gasteiger partial charge in [-0.15, -0.1) is 0 Å². The number of rotatable bonds is 7. The Morgan fingerprint density at radius 1 is 0.964 bits per heavy atom. The number of ether oxygens (including phenoxy) is 3. The highest BCUT2D eigenvalue weighted by molar-refractivity contribution is 6.74. The van der Waals surface area contributed by atoms with Gasteiger partial charge in [-0.05, 0) is 37.2 Å². The number of aromatic hydroxyl groups is 1. The summed E-state index contributed by atoms with van der Waals surface area (Å²) in [6.45, 7) is 13.2. The van der Waals surface area contributed by atoms with Gasteiger partial charge < -0.3 is 23.7 Å². The van der Waals surface area contributed by atoms with E-state index in [0.717, 1.165) is 10.9 Å². The highest BCUT2D eigenvalue weighted by atomic mass is 28.4. The summed E-state index contributed by atoms with van der Waals surface area (Å²) in [5, 5.41) is 12.5. The number of hydrogen-bond donors (Lipinski definition) is 1. The summed E-state index contributed by atoms with van der Waals surface area (Å²) in [5.74, 6) is 2.07. The Morgan fingerprint density at radius 3 is 2.04 bits per heavy atom. The fourth-order valence-corrected chi connectivity index (χ4v) is 4.57. The van der Waals surface area contributed by atoms with Crippen LogP contribution in [0, 0.1) is 0 Å². The van der Waals surface area contributed by atoms with Gasteiger partial charge in [0.1, 0.15) is 23.0 Å². The number of methoxy groups -OCH3 is 3. The molecule has 156 valence electrons. The molecule has 5 nitrogen and oxygen atoms in total. The van der Waals surface area contributed by atoms with E-state index >= 15 is 0 Å². The minimum absolute atomic E-state index is 0.0264. The van der Waals surface area contributed by atoms with Crippen molar-refractivity contribution < 1.29 is 23.7 Å². The molecule has 6 heteroatoms. The second-order valence-corrected chi connectivity index (χ2v) is 13.5. The molecule has 0 unspecified atom stereocenters. The Bertz CT molecular complexity index is 839. The van der Waals surface area contributed by atoms with Gasteiger partial charge in [0.05, 0.1) is 26.7 Å². The first-order chi connectivity index (χ1) is 12.9. The minimum atomic E-state index is -1.90. The molecule has 0 bridgehead atoms. The van der Waals surface area contributed by atoms with Crippen LogP contribution < -0.4 is 14.2 Å². The fraction of sp³-hybridized carbons (Fsp3) is 0.545. The SMILES string of the molecule is COc1cc(OC)c2c(OC)cc(C[C@H](C)O[Si](C)(C)C(C)(C)C)c(O)c2c1. The van der Waals surface area contributed by atoms with E-state index in [1.165, 1.54) is 0 Å². The maximum absolute atomic E-state index is 11.0. The average Bonchev–Trinajstić information content (AvgIpc) is 2.61. The van der Waals surface area contributed by atoms with E-state index in [2.05, 4.69) is 40.8 Å². The zero-order valence-corrected chi connectivity index (χ0v) is 19.6. The summed E-state index contributed by atoms with van der Waals surface area (Å²) >= 11 is 0. The molecule has 0 spiro atoms. The highest BCUT2D eigenvalue weighted by Crippen LogP contribution is 2.44. The molecule has 0 amide bonds. The van der Waals surface area contributed by atoms with E-state index < -0.39 is 8.32 Å². The van der Waals surface area contributed by atoms with Crippen molar-refractivity contribution in [1.29, 1.82) is 0 Å². The summed E-state index contributed by atoms with van der Waals surface area (Å²) in [6.07, 6.45) is 0.561. The van der Waals surface area contributed by atoms with Gasteiger partial charge in [0.2, 0.25) is 0 Å². The molecule has 0 aromatic heterocycles. The topological polar surface area (TPSA) is 57.2 Å². The van der Waals surface area contributed by atoms with Crippen LogP contribution in [0.2, 0.25) is 18.1 Å². The van der Waals surface area contributed by atoms with E-state index in [1.807, 2.05) is 6.07 Å². The van der Waals surface area contributed by atoms with Crippen molar-refractivity contribution in [2.24, 2.45) is 0 Å². The lowest BCUT2D eigenvalue weighted by atomic mass is 9.99. The lowest BCUT2D eigenvalue weighted by Gasteiger charge is -2.38. The van der Waals surface area contributed by atoms with E-state index in [-0.39, 0.29) is 16.9 Å². The maximum Gasteiger partial charge on any atom is 0.192 e. The van der Waals surface area contributed by atoms with Gasteiger partial charge in [-0.3, -0.25) is 0 Å². The second kappa shape index (κ2) is 8.21. The predicted molar refractivity (Wildman–Crippen MR) is 117 cm³/mol. The normalized spacial score (nSPS) is 13.5. The molecule has 0 heterocycles. The summed E-state index contributed by atoms with van der Waals surface area (Å²) in [6, 6.07) is 5.46. The second-order valence-electron chi connectivity index (χ2n) is 8.73. The van der Waals surface area contributed by atoms with Gasteiger partial charge in [-0.2, -0.15) is 0 Å². The molecule has 2 aromatic carbocycles. The van der Waals surface area contributed by atoms with Gasteiger partial charge in [-0.25, -0.2) is 0 Å². The van der Waals surface area contributed by atoms with Crippen LogP contribution >= 0.6 is 0 Å². The van der Waals surface area contributed by atoms with Gasteiger partial charge in [0.25, 0.3) is 0 Å². The van der Waals surface area contributed by atoms with Crippen LogP contribution in [0.3, 0.4) is 0 Å². The van der Waals surface area contributed by atoms with Crippen molar-refractivity contribution in [3.05, 3.63) is 23.8 Å². The minimum Gasteiger partial charge on any atom is -0.507 e. The van der Waals surface area contributed by atoms with Crippen molar-refractivity contribution in [3.63, 3.8) is 0 Å². The Labute approximate surface area is 169 Å². The third-order valence-corrected chi connectivity index (χ3v) is 10.3. The standard InChI is InChI=1S/C22H34O5Si/c1-14(27-28(8,9)22(2,3)4)10-15-11-18(25-6)20-17(21(15)23)12-16(24-5)13-19(20)26-7/h11-14,23H,10H2,1-9H3/t14-/m0/s1. The molecular weight excluding hydrogens is 372 g/mol. The third kappa shape index (κ3) is 4.38. The van der Waals surface area contributed by atoms with Crippen molar-refractivity contribution in [2.45, 2.75) is 58.4 Å². The Morgan fingerprint density at radius 2 is 1.54 bits per heavy atom. The van der Waals surface area contributed by atoms with Crippen LogP contribution in [0.25, 0.3) is 10.8 Å². The Kier molecular flexibility index (Phi) is 6.56. The van der Waals surface area contributed by atoms with E-state index in [4.69, 9.17) is 18.6 Å². The van der Waals surface area contributed by atoms with Gasteiger partial charge >= 0.3 is 0 Å². The van der Waals surface area contributed by atoms with Crippen molar-refractivity contribution in [1.82, 2.24) is 0 Å². The number of benzene rings is 2. The molecule has 0 aliphatic rings. The van der Waals surface area contributed by atoms with Gasteiger partial charge in [0.15, 0.2) is 8.32 Å². The monoisotopic (exact) mass is 406 g/mol. The molecule has 0 saturated carbocycles. The van der Waals surface area contributed by atoms with Gasteiger partial charge in [-0.1, -0.05) is 20.8 Å². The molecule has 0 radical (unpaired) electrons. The van der Waals surface area contributed by atoms with E-state index in [0.29, 0.717) is 29.1 Å². The van der Waals surface area contributed by atoms with Crippen LogP contribution in [0.15, 0.2) is 18.2 Å². The van der Waals surface area contributed by atoms with Crippen molar-refractivity contribution >= 4 is 19.1 Å². The van der Waals surface area contributed by atoms with E-state index in [1.54, 1.807) is 33.5 Å². The van der Waals surface area contributed by atoms with Crippen LogP contribution in [0.1, 0.15) is 33.3 Å². The number of hydrogen-bond acceptors (Lipinski definition) is 5. The quantitative estimate of drug-likeness (QED) is 0.613. The largest absolute Gasteiger partial charge is 0.507 e. The summed E-state index contributed by atoms with van der Waals surface area (Å²) in [7, 11) is 2.90. The van der Waals surface area contributed by atoms with Crippen LogP contribution in [-0.4, -0.2) is 40.9 Å². The lowest BCUT2D eigenvalue weighted by Crippen LogP contribution is -2.43. The molecular formula is C22H34O5Si. The smallest absolute Gasteiger partial charge is 0.192 e. The molecule has 0 saturated heterocycles. The van der Waals surface area contributed by atoms with Gasteiger partial charge in [0, 0.05) is 29.5 Å². The molecule has 2 rings (SSSR count). The molecule has 28 heavy (non-hydrogen) atoms. The molecule has 0 aliphatic heterocycles. The zero-order valence-electron chi connectivity index (χ0n) is 18.6. The molecule has 1 atom stereocenters. The first kappa shape index (κ1) is 22.4. The summed E-state index contributed by atoms with van der Waals surface area (Å²) < 4.78 is 23.0. The molecule has 2 aromatic rings. The van der Waals surface area contributed by atoms with Crippen molar-refractivity contribution in [3.8, 4) is 23.0 Å². The number of phenols is 1. The van der Waals surface area contributed by atoms with E-state index in [9.17, 15) is 5.11 Å². The first-order valence-corrected chi connectivity index (χ1v) is 12.5. The zero-order chi connectivity index (χ0) is 21.3. The van der Waals surface area contributed by atoms with Crippen LogP contribution in [0.4, 0.5) is 0 Å². The Balaban J connectivity index is 2.50. The molecule has 0 aliphatic carbocycles. The lowest BCUT2D eigenvalue weighted by molar-refractivity contribution is 0.198. The van der Waals surface area contributed by atoms with Crippen molar-refractivity contribution in [2.75, 3.05) is 21.3 Å². The number of phenolic OH excluding ortho intramolecular Hbond substituents is 1. The summed E-state index contributed by atoms with van der Waals surface area (Å²) in [5.41, 5.74) is 0.783. The maximum atomic E-state index is 11.0. The highest BCUT2D eigenvalue weighted by Gasteiger charge is 2.38.